The molecule has 6 nitrogen and oxygen atoms in total. The van der Waals surface area contributed by atoms with Gasteiger partial charge in [-0.15, -0.1) is 13.2 Å². The molecule has 0 amide bonds. The fraction of sp³-hybridized carbons (Fsp3) is 0.333. The van der Waals surface area contributed by atoms with Crippen LogP contribution in [0.1, 0.15) is 34.8 Å². The molecule has 0 aliphatic carbocycles. The van der Waals surface area contributed by atoms with E-state index in [0.717, 1.165) is 23.3 Å². The number of halogens is 4. The molecule has 1 aliphatic heterocycles. The van der Waals surface area contributed by atoms with Gasteiger partial charge in [0.1, 0.15) is 18.1 Å². The molecule has 0 aromatic heterocycles. The number of hydrogen-bond donors (Lipinski definition) is 1. The van der Waals surface area contributed by atoms with E-state index in [2.05, 4.69) is 10.8 Å². The molecule has 0 spiro atoms. The number of alkyl halides is 3. The molecule has 1 heterocycles. The molecular weight excluding hydrogens is 449 g/mol. The van der Waals surface area contributed by atoms with E-state index in [1.165, 1.54) is 19.1 Å². The van der Waals surface area contributed by atoms with Crippen LogP contribution in [0.15, 0.2) is 30.3 Å². The Balaban J connectivity index is 1.70. The first-order valence-corrected chi connectivity index (χ1v) is 9.85. The first kappa shape index (κ1) is 23.9. The molecule has 0 unspecified atom stereocenters. The maximum absolute atomic E-state index is 12.6. The van der Waals surface area contributed by atoms with Crippen LogP contribution in [-0.4, -0.2) is 30.9 Å². The Morgan fingerprint density at radius 1 is 1.34 bits per heavy atom. The van der Waals surface area contributed by atoms with E-state index in [0.29, 0.717) is 5.46 Å². The zero-order valence-corrected chi connectivity index (χ0v) is 17.9. The van der Waals surface area contributed by atoms with E-state index in [-0.39, 0.29) is 36.0 Å². The summed E-state index contributed by atoms with van der Waals surface area (Å²) in [5.74, 6) is -0.653. The molecule has 1 N–H and O–H groups in total. The monoisotopic (exact) mass is 467 g/mol. The number of nitriles is 1. The number of ether oxygens (including phenoxy) is 2. The Bertz CT molecular complexity index is 1070. The second-order valence-corrected chi connectivity index (χ2v) is 8.07. The summed E-state index contributed by atoms with van der Waals surface area (Å²) in [6, 6.07) is 8.17. The van der Waals surface area contributed by atoms with E-state index in [1.807, 2.05) is 6.92 Å². The lowest BCUT2D eigenvalue weighted by atomic mass is 9.78. The van der Waals surface area contributed by atoms with Gasteiger partial charge in [-0.2, -0.15) is 5.26 Å². The number of nitrogens with zero attached hydrogens (tertiary/aromatic N) is 1. The number of carbonyl (C=O) groups excluding carboxylic acids is 1. The van der Waals surface area contributed by atoms with Crippen LogP contribution in [0.3, 0.4) is 0 Å². The van der Waals surface area contributed by atoms with Crippen LogP contribution in [0.4, 0.5) is 13.2 Å². The predicted octanol–water partition coefficient (Wildman–Crippen LogP) is 3.95. The average molecular weight is 468 g/mol. The van der Waals surface area contributed by atoms with Crippen molar-refractivity contribution in [1.29, 1.82) is 5.26 Å². The van der Waals surface area contributed by atoms with Crippen molar-refractivity contribution in [2.75, 3.05) is 6.61 Å². The predicted molar refractivity (Wildman–Crippen MR) is 110 cm³/mol. The van der Waals surface area contributed by atoms with Gasteiger partial charge in [-0.05, 0) is 55.3 Å². The quantitative estimate of drug-likeness (QED) is 0.490. The van der Waals surface area contributed by atoms with Crippen LogP contribution >= 0.6 is 11.6 Å². The molecule has 0 saturated carbocycles. The zero-order valence-electron chi connectivity index (χ0n) is 17.1. The zero-order chi connectivity index (χ0) is 23.7. The molecule has 2 aromatic carbocycles. The Hall–Kier alpha value is -2.74. The third-order valence-corrected chi connectivity index (χ3v) is 5.40. The number of ketones is 1. The molecule has 3 rings (SSSR count). The standard InChI is InChI=1S/C21H18BClF3NO5/c1-12-7-17(19(23)18-15(12)9-31-22(18)29)30-11-20(2,10-27)8-16(28)13-3-5-14(6-4-13)32-21(24,25)26/h3-7,29H,8-9,11H2,1-2H3/t20-/m0/s1. The van der Waals surface area contributed by atoms with E-state index in [1.54, 1.807) is 6.07 Å². The van der Waals surface area contributed by atoms with Crippen molar-refractivity contribution in [2.45, 2.75) is 33.2 Å². The van der Waals surface area contributed by atoms with Crippen molar-refractivity contribution in [3.63, 3.8) is 0 Å². The number of aryl methyl sites for hydroxylation is 1. The van der Waals surface area contributed by atoms with Gasteiger partial charge in [0, 0.05) is 17.4 Å². The number of Topliss-reactive ketones (excluding diaryl/α,β-unsaturated/α-hetero) is 1. The Kier molecular flexibility index (Phi) is 6.74. The number of rotatable bonds is 7. The van der Waals surface area contributed by atoms with Gasteiger partial charge in [0.2, 0.25) is 0 Å². The molecule has 0 fully saturated rings. The van der Waals surface area contributed by atoms with Crippen LogP contribution in [-0.2, 0) is 11.3 Å². The molecule has 0 radical (unpaired) electrons. The molecular formula is C21H18BClF3NO5. The van der Waals surface area contributed by atoms with Gasteiger partial charge >= 0.3 is 13.5 Å². The summed E-state index contributed by atoms with van der Waals surface area (Å²) in [7, 11) is -1.17. The van der Waals surface area contributed by atoms with Gasteiger partial charge in [0.05, 0.1) is 23.1 Å². The summed E-state index contributed by atoms with van der Waals surface area (Å²) < 4.78 is 51.5. The van der Waals surface area contributed by atoms with Gasteiger partial charge in [0.25, 0.3) is 0 Å². The lowest BCUT2D eigenvalue weighted by Crippen LogP contribution is -2.31. The minimum absolute atomic E-state index is 0.132. The average Bonchev–Trinajstić information content (AvgIpc) is 3.11. The Morgan fingerprint density at radius 2 is 2.00 bits per heavy atom. The lowest BCUT2D eigenvalue weighted by Gasteiger charge is -2.22. The van der Waals surface area contributed by atoms with Crippen molar-refractivity contribution in [1.82, 2.24) is 0 Å². The van der Waals surface area contributed by atoms with E-state index in [9.17, 15) is 28.3 Å². The normalized spacial score (nSPS) is 15.0. The smallest absolute Gasteiger partial charge is 0.490 e. The molecule has 0 bridgehead atoms. The fourth-order valence-corrected chi connectivity index (χ4v) is 3.60. The largest absolute Gasteiger partial charge is 0.573 e. The van der Waals surface area contributed by atoms with Crippen molar-refractivity contribution < 1.29 is 37.1 Å². The second kappa shape index (κ2) is 9.02. The van der Waals surface area contributed by atoms with Crippen LogP contribution < -0.4 is 14.9 Å². The highest BCUT2D eigenvalue weighted by molar-refractivity contribution is 6.65. The second-order valence-electron chi connectivity index (χ2n) is 7.69. The summed E-state index contributed by atoms with van der Waals surface area (Å²) >= 11 is 6.35. The number of carbonyl (C=O) groups is 1. The first-order valence-electron chi connectivity index (χ1n) is 9.47. The highest BCUT2D eigenvalue weighted by Crippen LogP contribution is 2.32. The minimum Gasteiger partial charge on any atom is -0.490 e. The minimum atomic E-state index is -4.83. The van der Waals surface area contributed by atoms with Gasteiger partial charge in [-0.3, -0.25) is 4.79 Å². The highest BCUT2D eigenvalue weighted by atomic mass is 35.5. The van der Waals surface area contributed by atoms with E-state index >= 15 is 0 Å². The van der Waals surface area contributed by atoms with Gasteiger partial charge < -0.3 is 19.2 Å². The summed E-state index contributed by atoms with van der Waals surface area (Å²) in [4.78, 5) is 12.6. The molecule has 168 valence electrons. The van der Waals surface area contributed by atoms with Gasteiger partial charge in [0.15, 0.2) is 5.78 Å². The Morgan fingerprint density at radius 3 is 2.59 bits per heavy atom. The number of benzene rings is 2. The van der Waals surface area contributed by atoms with Crippen LogP contribution in [0.25, 0.3) is 0 Å². The molecule has 0 saturated heterocycles. The Labute approximate surface area is 187 Å². The van der Waals surface area contributed by atoms with E-state index < -0.39 is 30.4 Å². The third kappa shape index (κ3) is 5.36. The van der Waals surface area contributed by atoms with Gasteiger partial charge in [-0.25, -0.2) is 0 Å². The maximum atomic E-state index is 12.6. The maximum Gasteiger partial charge on any atom is 0.573 e. The SMILES string of the molecule is Cc1cc(OC[C@](C)(C#N)CC(=O)c2ccc(OC(F)(F)F)cc2)c(Cl)c2c1COB2O. The van der Waals surface area contributed by atoms with Crippen molar-refractivity contribution in [2.24, 2.45) is 5.41 Å². The summed E-state index contributed by atoms with van der Waals surface area (Å²) in [5.41, 5.74) is 0.868. The lowest BCUT2D eigenvalue weighted by molar-refractivity contribution is -0.274. The van der Waals surface area contributed by atoms with Gasteiger partial charge in [-0.1, -0.05) is 11.6 Å². The topological polar surface area (TPSA) is 88.8 Å². The molecule has 1 aliphatic rings. The van der Waals surface area contributed by atoms with Crippen LogP contribution in [0.5, 0.6) is 11.5 Å². The number of fused-ring (bicyclic) bond motifs is 1. The fourth-order valence-electron chi connectivity index (χ4n) is 3.28. The van der Waals surface area contributed by atoms with E-state index in [4.69, 9.17) is 21.0 Å². The summed E-state index contributed by atoms with van der Waals surface area (Å²) in [6.45, 7) is 3.37. The molecule has 11 heteroatoms. The molecule has 1 atom stereocenters. The van der Waals surface area contributed by atoms with Crippen molar-refractivity contribution in [3.05, 3.63) is 52.0 Å². The molecule has 2 aromatic rings. The van der Waals surface area contributed by atoms with Crippen LogP contribution in [0, 0.1) is 23.7 Å². The highest BCUT2D eigenvalue weighted by Gasteiger charge is 2.35. The number of hydrogen-bond acceptors (Lipinski definition) is 6. The molecule has 32 heavy (non-hydrogen) atoms. The van der Waals surface area contributed by atoms with Crippen molar-refractivity contribution in [3.8, 4) is 17.6 Å². The van der Waals surface area contributed by atoms with Crippen LogP contribution in [0.2, 0.25) is 5.02 Å². The summed E-state index contributed by atoms with van der Waals surface area (Å²) in [5, 5.41) is 19.8. The van der Waals surface area contributed by atoms with Crippen molar-refractivity contribution >= 4 is 30.0 Å². The first-order chi connectivity index (χ1) is 14.9. The third-order valence-electron chi connectivity index (χ3n) is 5.01. The summed E-state index contributed by atoms with van der Waals surface area (Å²) in [6.07, 6.45) is -5.07.